The second-order valence-corrected chi connectivity index (χ2v) is 6.60. The van der Waals surface area contributed by atoms with Crippen LogP contribution in [0.25, 0.3) is 0 Å². The van der Waals surface area contributed by atoms with Gasteiger partial charge in [-0.25, -0.2) is 4.98 Å². The van der Waals surface area contributed by atoms with Gasteiger partial charge in [-0.3, -0.25) is 9.59 Å². The molecule has 2 amide bonds. The molecule has 0 aliphatic heterocycles. The minimum atomic E-state index is -0.227. The number of hydrogen-bond acceptors (Lipinski definition) is 4. The standard InChI is InChI=1S/C16H17N3O2S/c1-9-14(22-10(2)17-9)16(21)19-13-6-4-3-5-12(13)15(20)18-11-7-8-11/h3-6,11H,7-8H2,1-2H3,(H,18,20)(H,19,21). The number of thiazole rings is 1. The molecule has 6 heteroatoms. The number of anilines is 1. The SMILES string of the molecule is Cc1nc(C)c(C(=O)Nc2ccccc2C(=O)NC2CC2)s1. The topological polar surface area (TPSA) is 71.1 Å². The maximum absolute atomic E-state index is 12.4. The molecule has 1 saturated carbocycles. The van der Waals surface area contributed by atoms with E-state index in [4.69, 9.17) is 0 Å². The van der Waals surface area contributed by atoms with E-state index in [1.165, 1.54) is 11.3 Å². The summed E-state index contributed by atoms with van der Waals surface area (Å²) < 4.78 is 0. The van der Waals surface area contributed by atoms with Gasteiger partial charge in [-0.15, -0.1) is 11.3 Å². The van der Waals surface area contributed by atoms with E-state index in [9.17, 15) is 9.59 Å². The van der Waals surface area contributed by atoms with Crippen LogP contribution >= 0.6 is 11.3 Å². The van der Waals surface area contributed by atoms with Gasteiger partial charge in [0.25, 0.3) is 11.8 Å². The first kappa shape index (κ1) is 14.7. The lowest BCUT2D eigenvalue weighted by Gasteiger charge is -2.10. The number of carbonyl (C=O) groups is 2. The first-order valence-corrected chi connectivity index (χ1v) is 8.01. The fourth-order valence-corrected chi connectivity index (χ4v) is 3.02. The third kappa shape index (κ3) is 3.17. The molecule has 1 aliphatic carbocycles. The molecule has 5 nitrogen and oxygen atoms in total. The van der Waals surface area contributed by atoms with Crippen molar-refractivity contribution < 1.29 is 9.59 Å². The van der Waals surface area contributed by atoms with Gasteiger partial charge in [0.2, 0.25) is 0 Å². The number of carbonyl (C=O) groups excluding carboxylic acids is 2. The Morgan fingerprint density at radius 1 is 1.18 bits per heavy atom. The van der Waals surface area contributed by atoms with Crippen molar-refractivity contribution in [2.24, 2.45) is 0 Å². The Kier molecular flexibility index (Phi) is 3.94. The average Bonchev–Trinajstić information content (AvgIpc) is 3.22. The number of amides is 2. The maximum Gasteiger partial charge on any atom is 0.267 e. The molecule has 0 saturated heterocycles. The van der Waals surface area contributed by atoms with E-state index in [2.05, 4.69) is 15.6 Å². The van der Waals surface area contributed by atoms with Crippen LogP contribution in [0, 0.1) is 13.8 Å². The largest absolute Gasteiger partial charge is 0.349 e. The van der Waals surface area contributed by atoms with Gasteiger partial charge in [0.15, 0.2) is 0 Å². The summed E-state index contributed by atoms with van der Waals surface area (Å²) in [6, 6.07) is 7.33. The van der Waals surface area contributed by atoms with Crippen molar-refractivity contribution in [3.8, 4) is 0 Å². The number of hydrogen-bond donors (Lipinski definition) is 2. The van der Waals surface area contributed by atoms with Crippen molar-refractivity contribution in [2.45, 2.75) is 32.7 Å². The van der Waals surface area contributed by atoms with E-state index < -0.39 is 0 Å². The van der Waals surface area contributed by atoms with E-state index in [0.717, 1.165) is 17.8 Å². The second kappa shape index (κ2) is 5.88. The first-order chi connectivity index (χ1) is 10.5. The molecule has 1 aliphatic rings. The summed E-state index contributed by atoms with van der Waals surface area (Å²) in [6.07, 6.45) is 2.05. The number of para-hydroxylation sites is 1. The highest BCUT2D eigenvalue weighted by molar-refractivity contribution is 7.13. The molecular weight excluding hydrogens is 298 g/mol. The van der Waals surface area contributed by atoms with Gasteiger partial charge in [-0.1, -0.05) is 12.1 Å². The van der Waals surface area contributed by atoms with E-state index in [1.54, 1.807) is 24.3 Å². The Balaban J connectivity index is 1.81. The van der Waals surface area contributed by atoms with Crippen molar-refractivity contribution in [2.75, 3.05) is 5.32 Å². The highest BCUT2D eigenvalue weighted by Gasteiger charge is 2.25. The Morgan fingerprint density at radius 3 is 2.55 bits per heavy atom. The smallest absolute Gasteiger partial charge is 0.267 e. The van der Waals surface area contributed by atoms with Gasteiger partial charge in [-0.05, 0) is 38.8 Å². The molecule has 0 radical (unpaired) electrons. The summed E-state index contributed by atoms with van der Waals surface area (Å²) in [7, 11) is 0. The summed E-state index contributed by atoms with van der Waals surface area (Å²) in [5.74, 6) is -0.370. The molecular formula is C16H17N3O2S. The van der Waals surface area contributed by atoms with E-state index in [0.29, 0.717) is 21.8 Å². The molecule has 0 spiro atoms. The van der Waals surface area contributed by atoms with Crippen LogP contribution in [0.5, 0.6) is 0 Å². The van der Waals surface area contributed by atoms with Crippen LogP contribution in [-0.2, 0) is 0 Å². The maximum atomic E-state index is 12.4. The Bertz CT molecular complexity index is 735. The van der Waals surface area contributed by atoms with Crippen LogP contribution in [0.15, 0.2) is 24.3 Å². The molecule has 1 aromatic heterocycles. The fourth-order valence-electron chi connectivity index (χ4n) is 2.20. The number of aryl methyl sites for hydroxylation is 2. The zero-order chi connectivity index (χ0) is 15.7. The minimum absolute atomic E-state index is 0.143. The lowest BCUT2D eigenvalue weighted by atomic mass is 10.1. The lowest BCUT2D eigenvalue weighted by Crippen LogP contribution is -2.27. The number of rotatable bonds is 4. The molecule has 0 atom stereocenters. The normalized spacial score (nSPS) is 13.7. The summed E-state index contributed by atoms with van der Waals surface area (Å²) in [4.78, 5) is 29.5. The molecule has 114 valence electrons. The minimum Gasteiger partial charge on any atom is -0.349 e. The zero-order valence-electron chi connectivity index (χ0n) is 12.5. The van der Waals surface area contributed by atoms with Crippen molar-refractivity contribution >= 4 is 28.8 Å². The van der Waals surface area contributed by atoms with Crippen molar-refractivity contribution in [3.63, 3.8) is 0 Å². The Morgan fingerprint density at radius 2 is 1.91 bits per heavy atom. The molecule has 22 heavy (non-hydrogen) atoms. The molecule has 2 aromatic rings. The van der Waals surface area contributed by atoms with Crippen molar-refractivity contribution in [3.05, 3.63) is 45.4 Å². The van der Waals surface area contributed by atoms with Gasteiger partial charge in [0.05, 0.1) is 22.0 Å². The summed E-state index contributed by atoms with van der Waals surface area (Å²) in [6.45, 7) is 3.68. The molecule has 0 unspecified atom stereocenters. The van der Waals surface area contributed by atoms with Crippen LogP contribution in [0.2, 0.25) is 0 Å². The fraction of sp³-hybridized carbons (Fsp3) is 0.312. The molecule has 0 bridgehead atoms. The van der Waals surface area contributed by atoms with Crippen LogP contribution in [0.1, 0.15) is 43.6 Å². The number of nitrogens with one attached hydrogen (secondary N) is 2. The highest BCUT2D eigenvalue weighted by Crippen LogP contribution is 2.23. The number of nitrogens with zero attached hydrogens (tertiary/aromatic N) is 1. The van der Waals surface area contributed by atoms with E-state index in [-0.39, 0.29) is 17.9 Å². The summed E-state index contributed by atoms with van der Waals surface area (Å²) in [5.41, 5.74) is 1.72. The highest BCUT2D eigenvalue weighted by atomic mass is 32.1. The molecule has 3 rings (SSSR count). The number of benzene rings is 1. The van der Waals surface area contributed by atoms with Crippen LogP contribution in [0.4, 0.5) is 5.69 Å². The molecule has 2 N–H and O–H groups in total. The predicted octanol–water partition coefficient (Wildman–Crippen LogP) is 2.90. The Hall–Kier alpha value is -2.21. The quantitative estimate of drug-likeness (QED) is 0.911. The van der Waals surface area contributed by atoms with Gasteiger partial charge in [0.1, 0.15) is 4.88 Å². The van der Waals surface area contributed by atoms with Gasteiger partial charge in [-0.2, -0.15) is 0 Å². The number of aromatic nitrogens is 1. The average molecular weight is 315 g/mol. The van der Waals surface area contributed by atoms with E-state index in [1.807, 2.05) is 13.8 Å². The monoisotopic (exact) mass is 315 g/mol. The summed E-state index contributed by atoms with van der Waals surface area (Å²) >= 11 is 1.35. The third-order valence-corrected chi connectivity index (χ3v) is 4.51. The van der Waals surface area contributed by atoms with Crippen LogP contribution in [0.3, 0.4) is 0 Å². The Labute approximate surface area is 132 Å². The zero-order valence-corrected chi connectivity index (χ0v) is 13.3. The van der Waals surface area contributed by atoms with Crippen LogP contribution in [-0.4, -0.2) is 22.8 Å². The van der Waals surface area contributed by atoms with Gasteiger partial charge >= 0.3 is 0 Å². The third-order valence-electron chi connectivity index (χ3n) is 3.44. The molecule has 1 heterocycles. The summed E-state index contributed by atoms with van der Waals surface area (Å²) in [5, 5.41) is 6.61. The van der Waals surface area contributed by atoms with Gasteiger partial charge in [0, 0.05) is 6.04 Å². The lowest BCUT2D eigenvalue weighted by molar-refractivity contribution is 0.0952. The van der Waals surface area contributed by atoms with Crippen molar-refractivity contribution in [1.29, 1.82) is 0 Å². The predicted molar refractivity (Wildman–Crippen MR) is 86.5 cm³/mol. The van der Waals surface area contributed by atoms with Gasteiger partial charge < -0.3 is 10.6 Å². The van der Waals surface area contributed by atoms with E-state index >= 15 is 0 Å². The van der Waals surface area contributed by atoms with Crippen LogP contribution < -0.4 is 10.6 Å². The van der Waals surface area contributed by atoms with Crippen molar-refractivity contribution in [1.82, 2.24) is 10.3 Å². The first-order valence-electron chi connectivity index (χ1n) is 7.20. The molecule has 1 aromatic carbocycles. The molecule has 1 fully saturated rings. The second-order valence-electron chi connectivity index (χ2n) is 5.39.